The number of hydrogen-bond acceptors (Lipinski definition) is 6. The molecule has 3 rings (SSSR count). The maximum absolute atomic E-state index is 12.1. The van der Waals surface area contributed by atoms with Crippen LogP contribution >= 0.6 is 35.2 Å². The van der Waals surface area contributed by atoms with Crippen LogP contribution in [0.5, 0.6) is 0 Å². The number of nitrogens with zero attached hydrogens (tertiary/aromatic N) is 2. The zero-order chi connectivity index (χ0) is 18.8. The van der Waals surface area contributed by atoms with E-state index in [1.165, 1.54) is 29.3 Å². The number of benzene rings is 1. The van der Waals surface area contributed by atoms with E-state index in [-0.39, 0.29) is 11.0 Å². The lowest BCUT2D eigenvalue weighted by atomic mass is 10.2. The average Bonchev–Trinajstić information content (AvgIpc) is 3.17. The molecule has 3 aromatic rings. The molecule has 0 atom stereocenters. The minimum Gasteiger partial charge on any atom is -0.465 e. The lowest BCUT2D eigenvalue weighted by Gasteiger charge is -2.09. The van der Waals surface area contributed by atoms with Gasteiger partial charge >= 0.3 is 5.97 Å². The molecule has 0 fully saturated rings. The Morgan fingerprint density at radius 2 is 2.12 bits per heavy atom. The lowest BCUT2D eigenvalue weighted by Crippen LogP contribution is -2.35. The largest absolute Gasteiger partial charge is 0.465 e. The summed E-state index contributed by atoms with van der Waals surface area (Å²) in [6.45, 7) is 0. The van der Waals surface area contributed by atoms with Crippen molar-refractivity contribution in [3.8, 4) is 0 Å². The summed E-state index contributed by atoms with van der Waals surface area (Å²) in [6.07, 6.45) is 1.53. The minimum atomic E-state index is -0.482. The van der Waals surface area contributed by atoms with E-state index >= 15 is 0 Å². The van der Waals surface area contributed by atoms with Crippen molar-refractivity contribution in [2.24, 2.45) is 7.05 Å². The first kappa shape index (κ1) is 18.3. The van der Waals surface area contributed by atoms with Crippen molar-refractivity contribution < 1.29 is 14.3 Å². The fourth-order valence-corrected chi connectivity index (χ4v) is 3.97. The van der Waals surface area contributed by atoms with Crippen LogP contribution in [-0.2, 0) is 11.8 Å². The van der Waals surface area contributed by atoms with Crippen molar-refractivity contribution in [3.05, 3.63) is 46.1 Å². The second-order valence-electron chi connectivity index (χ2n) is 5.20. The second-order valence-corrected chi connectivity index (χ2v) is 7.03. The number of hydrogen-bond donors (Lipinski definition) is 2. The molecule has 26 heavy (non-hydrogen) atoms. The number of nitrogens with one attached hydrogen (secondary N) is 2. The highest BCUT2D eigenvalue weighted by molar-refractivity contribution is 7.80. The molecule has 0 spiro atoms. The Balaban J connectivity index is 1.76. The summed E-state index contributed by atoms with van der Waals surface area (Å²) in [5.41, 5.74) is 1.04. The van der Waals surface area contributed by atoms with Gasteiger partial charge in [-0.3, -0.25) is 14.8 Å². The monoisotopic (exact) mass is 408 g/mol. The first-order valence-electron chi connectivity index (χ1n) is 7.31. The van der Waals surface area contributed by atoms with Crippen molar-refractivity contribution in [2.45, 2.75) is 0 Å². The number of fused-ring (bicyclic) bond motifs is 1. The molecule has 0 aliphatic heterocycles. The summed E-state index contributed by atoms with van der Waals surface area (Å²) in [6, 6.07) is 6.91. The zero-order valence-corrected chi connectivity index (χ0v) is 16.1. The number of rotatable bonds is 3. The number of amides is 1. The number of methoxy groups -OCH3 is 1. The molecular weight excluding hydrogens is 396 g/mol. The molecule has 7 nitrogen and oxygen atoms in total. The van der Waals surface area contributed by atoms with Crippen LogP contribution < -0.4 is 10.6 Å². The first-order chi connectivity index (χ1) is 12.4. The third kappa shape index (κ3) is 3.55. The van der Waals surface area contributed by atoms with E-state index < -0.39 is 5.97 Å². The maximum Gasteiger partial charge on any atom is 0.349 e. The number of aryl methyl sites for hydroxylation is 1. The minimum absolute atomic E-state index is 0.145. The molecule has 0 aliphatic rings. The number of halogens is 1. The molecule has 0 saturated heterocycles. The van der Waals surface area contributed by atoms with Crippen LogP contribution in [0.4, 0.5) is 5.69 Å². The van der Waals surface area contributed by atoms with Crippen molar-refractivity contribution >= 4 is 67.9 Å². The van der Waals surface area contributed by atoms with Gasteiger partial charge in [-0.25, -0.2) is 4.79 Å². The number of thiophene rings is 1. The fraction of sp³-hybridized carbons (Fsp3) is 0.125. The molecule has 2 heterocycles. The molecule has 2 N–H and O–H groups in total. The smallest absolute Gasteiger partial charge is 0.349 e. The summed E-state index contributed by atoms with van der Waals surface area (Å²) < 4.78 is 6.97. The van der Waals surface area contributed by atoms with E-state index in [0.29, 0.717) is 21.3 Å². The van der Waals surface area contributed by atoms with Gasteiger partial charge in [-0.05, 0) is 36.5 Å². The van der Waals surface area contributed by atoms with Gasteiger partial charge < -0.3 is 10.1 Å². The number of carbonyl (C=O) groups excluding carboxylic acids is 2. The molecule has 134 valence electrons. The summed E-state index contributed by atoms with van der Waals surface area (Å²) in [5, 5.41) is 10.7. The summed E-state index contributed by atoms with van der Waals surface area (Å²) in [5.74, 6) is -0.847. The van der Waals surface area contributed by atoms with Crippen LogP contribution in [0.15, 0.2) is 30.5 Å². The highest BCUT2D eigenvalue weighted by atomic mass is 35.5. The standard InChI is InChI=1S/C16H13ClN4O3S2/c1-21-10(5-6-18-21)14(22)20-16(25)19-8-3-4-9-11(7-8)26-13(12(9)17)15(23)24-2/h3-7H,1-2H3,(H2,19,20,22,25). The molecule has 0 aliphatic carbocycles. The molecule has 0 bridgehead atoms. The number of esters is 1. The van der Waals surface area contributed by atoms with Crippen LogP contribution in [0.25, 0.3) is 10.1 Å². The van der Waals surface area contributed by atoms with Crippen LogP contribution in [-0.4, -0.2) is 33.9 Å². The SMILES string of the molecule is COC(=O)c1sc2cc(NC(=S)NC(=O)c3ccnn3C)ccc2c1Cl. The molecule has 1 aromatic carbocycles. The molecule has 10 heteroatoms. The Bertz CT molecular complexity index is 1030. The van der Waals surface area contributed by atoms with Crippen LogP contribution in [0.2, 0.25) is 5.02 Å². The van der Waals surface area contributed by atoms with E-state index in [1.807, 2.05) is 0 Å². The third-order valence-electron chi connectivity index (χ3n) is 3.54. The average molecular weight is 409 g/mol. The first-order valence-corrected chi connectivity index (χ1v) is 8.91. The van der Waals surface area contributed by atoms with Gasteiger partial charge in [0.15, 0.2) is 5.11 Å². The zero-order valence-electron chi connectivity index (χ0n) is 13.7. The summed E-state index contributed by atoms with van der Waals surface area (Å²) in [4.78, 5) is 24.2. The molecule has 2 aromatic heterocycles. The Morgan fingerprint density at radius 1 is 1.35 bits per heavy atom. The van der Waals surface area contributed by atoms with Gasteiger partial charge in [-0.15, -0.1) is 11.3 Å². The topological polar surface area (TPSA) is 85.2 Å². The Morgan fingerprint density at radius 3 is 2.77 bits per heavy atom. The second kappa shape index (κ2) is 7.40. The van der Waals surface area contributed by atoms with Crippen LogP contribution in [0.3, 0.4) is 0 Å². The fourth-order valence-electron chi connectivity index (χ4n) is 2.29. The van der Waals surface area contributed by atoms with Gasteiger partial charge in [0.1, 0.15) is 10.6 Å². The van der Waals surface area contributed by atoms with E-state index in [0.717, 1.165) is 10.1 Å². The molecule has 0 unspecified atom stereocenters. The van der Waals surface area contributed by atoms with Crippen molar-refractivity contribution in [3.63, 3.8) is 0 Å². The van der Waals surface area contributed by atoms with E-state index in [2.05, 4.69) is 15.7 Å². The maximum atomic E-state index is 12.1. The predicted molar refractivity (Wildman–Crippen MR) is 105 cm³/mol. The van der Waals surface area contributed by atoms with E-state index in [4.69, 9.17) is 28.6 Å². The Kier molecular flexibility index (Phi) is 5.21. The highest BCUT2D eigenvalue weighted by Gasteiger charge is 2.18. The van der Waals surface area contributed by atoms with Gasteiger partial charge in [-0.1, -0.05) is 11.6 Å². The van der Waals surface area contributed by atoms with E-state index in [1.54, 1.807) is 31.3 Å². The van der Waals surface area contributed by atoms with Gasteiger partial charge in [0.25, 0.3) is 5.91 Å². The molecule has 0 saturated carbocycles. The van der Waals surface area contributed by atoms with Gasteiger partial charge in [0.2, 0.25) is 0 Å². The third-order valence-corrected chi connectivity index (χ3v) is 5.38. The lowest BCUT2D eigenvalue weighted by molar-refractivity contribution is 0.0606. The highest BCUT2D eigenvalue weighted by Crippen LogP contribution is 2.37. The number of thiocarbonyl (C=S) groups is 1. The van der Waals surface area contributed by atoms with Gasteiger partial charge in [0, 0.05) is 29.0 Å². The normalized spacial score (nSPS) is 10.6. The van der Waals surface area contributed by atoms with Crippen LogP contribution in [0.1, 0.15) is 20.2 Å². The van der Waals surface area contributed by atoms with Crippen molar-refractivity contribution in [2.75, 3.05) is 12.4 Å². The van der Waals surface area contributed by atoms with Crippen LogP contribution in [0, 0.1) is 0 Å². The van der Waals surface area contributed by atoms with Crippen molar-refractivity contribution in [1.82, 2.24) is 15.1 Å². The molecule has 0 radical (unpaired) electrons. The van der Waals surface area contributed by atoms with Crippen molar-refractivity contribution in [1.29, 1.82) is 0 Å². The molecular formula is C16H13ClN4O3S2. The summed E-state index contributed by atoms with van der Waals surface area (Å²) >= 11 is 12.6. The van der Waals surface area contributed by atoms with Gasteiger partial charge in [0.05, 0.1) is 12.1 Å². The quantitative estimate of drug-likeness (QED) is 0.511. The number of aromatic nitrogens is 2. The molecule has 1 amide bonds. The summed E-state index contributed by atoms with van der Waals surface area (Å²) in [7, 11) is 2.97. The number of carbonyl (C=O) groups is 2. The Labute approximate surface area is 162 Å². The van der Waals surface area contributed by atoms with Gasteiger partial charge in [-0.2, -0.15) is 5.10 Å². The number of ether oxygens (including phenoxy) is 1. The Hall–Kier alpha value is -2.49. The predicted octanol–water partition coefficient (Wildman–Crippen LogP) is 3.20. The number of anilines is 1. The van der Waals surface area contributed by atoms with E-state index in [9.17, 15) is 9.59 Å².